The van der Waals surface area contributed by atoms with E-state index in [-0.39, 0.29) is 6.42 Å². The number of carboxylic acids is 1. The van der Waals surface area contributed by atoms with Crippen LogP contribution < -0.4 is 0 Å². The molecule has 2 heterocycles. The molecule has 2 rings (SSSR count). The molecule has 0 spiro atoms. The Labute approximate surface area is 121 Å². The van der Waals surface area contributed by atoms with Crippen molar-refractivity contribution in [3.8, 4) is 0 Å². The predicted octanol–water partition coefficient (Wildman–Crippen LogP) is 3.62. The highest BCUT2D eigenvalue weighted by molar-refractivity contribution is 8.01. The standard InChI is InChI=1S/C10H6Cl2N2O2S2/c11-5-1-7(12)9(13-3-5)18-10-14-6(4-17-10)2-8(15)16/h1,3-4H,2H2,(H,15,16). The van der Waals surface area contributed by atoms with Crippen LogP contribution in [-0.2, 0) is 11.2 Å². The van der Waals surface area contributed by atoms with Gasteiger partial charge in [-0.2, -0.15) is 0 Å². The minimum Gasteiger partial charge on any atom is -0.481 e. The van der Waals surface area contributed by atoms with Crippen LogP contribution in [0.1, 0.15) is 5.69 Å². The molecule has 2 aromatic heterocycles. The highest BCUT2D eigenvalue weighted by atomic mass is 35.5. The summed E-state index contributed by atoms with van der Waals surface area (Å²) in [4.78, 5) is 18.8. The number of rotatable bonds is 4. The van der Waals surface area contributed by atoms with Gasteiger partial charge < -0.3 is 5.11 Å². The number of halogens is 2. The quantitative estimate of drug-likeness (QED) is 0.932. The first-order valence-electron chi connectivity index (χ1n) is 4.69. The lowest BCUT2D eigenvalue weighted by atomic mass is 10.3. The van der Waals surface area contributed by atoms with E-state index in [1.165, 1.54) is 29.3 Å². The van der Waals surface area contributed by atoms with Crippen LogP contribution in [0.15, 0.2) is 27.0 Å². The smallest absolute Gasteiger partial charge is 0.309 e. The molecule has 1 N–H and O–H groups in total. The second kappa shape index (κ2) is 5.88. The fourth-order valence-electron chi connectivity index (χ4n) is 1.13. The van der Waals surface area contributed by atoms with E-state index in [9.17, 15) is 4.79 Å². The Morgan fingerprint density at radius 3 is 2.94 bits per heavy atom. The average molecular weight is 321 g/mol. The van der Waals surface area contributed by atoms with Crippen LogP contribution in [0.2, 0.25) is 10.0 Å². The molecule has 0 aromatic carbocycles. The summed E-state index contributed by atoms with van der Waals surface area (Å²) in [6.07, 6.45) is 1.42. The topological polar surface area (TPSA) is 63.1 Å². The maximum absolute atomic E-state index is 10.5. The molecule has 0 aliphatic heterocycles. The lowest BCUT2D eigenvalue weighted by molar-refractivity contribution is -0.136. The van der Waals surface area contributed by atoms with Crippen LogP contribution in [0, 0.1) is 0 Å². The van der Waals surface area contributed by atoms with Gasteiger partial charge in [0, 0.05) is 11.6 Å². The van der Waals surface area contributed by atoms with Crippen LogP contribution in [0.5, 0.6) is 0 Å². The lowest BCUT2D eigenvalue weighted by Crippen LogP contribution is -1.99. The summed E-state index contributed by atoms with van der Waals surface area (Å²) in [5.41, 5.74) is 0.528. The Morgan fingerprint density at radius 1 is 1.50 bits per heavy atom. The zero-order valence-electron chi connectivity index (χ0n) is 8.76. The first-order valence-corrected chi connectivity index (χ1v) is 7.15. The third-order valence-corrected chi connectivity index (χ3v) is 4.43. The number of aromatic nitrogens is 2. The van der Waals surface area contributed by atoms with Gasteiger partial charge in [0.2, 0.25) is 0 Å². The Morgan fingerprint density at radius 2 is 2.28 bits per heavy atom. The summed E-state index contributed by atoms with van der Waals surface area (Å²) in [6, 6.07) is 1.60. The molecule has 18 heavy (non-hydrogen) atoms. The molecule has 2 aromatic rings. The van der Waals surface area contributed by atoms with E-state index in [0.29, 0.717) is 25.1 Å². The molecule has 94 valence electrons. The Balaban J connectivity index is 2.13. The zero-order chi connectivity index (χ0) is 13.1. The van der Waals surface area contributed by atoms with Gasteiger partial charge in [0.25, 0.3) is 0 Å². The van der Waals surface area contributed by atoms with E-state index in [1.807, 2.05) is 0 Å². The van der Waals surface area contributed by atoms with Crippen molar-refractivity contribution in [2.24, 2.45) is 0 Å². The molecule has 0 aliphatic carbocycles. The fourth-order valence-corrected chi connectivity index (χ4v) is 3.33. The average Bonchev–Trinajstić information content (AvgIpc) is 2.69. The minimum absolute atomic E-state index is 0.0845. The molecular formula is C10H6Cl2N2O2S2. The van der Waals surface area contributed by atoms with E-state index >= 15 is 0 Å². The summed E-state index contributed by atoms with van der Waals surface area (Å²) in [5.74, 6) is -0.903. The molecule has 0 atom stereocenters. The molecular weight excluding hydrogens is 315 g/mol. The number of hydrogen-bond donors (Lipinski definition) is 1. The maximum Gasteiger partial charge on any atom is 0.309 e. The number of pyridine rings is 1. The summed E-state index contributed by atoms with van der Waals surface area (Å²) < 4.78 is 0.697. The fraction of sp³-hybridized carbons (Fsp3) is 0.100. The van der Waals surface area contributed by atoms with Crippen molar-refractivity contribution < 1.29 is 9.90 Å². The largest absolute Gasteiger partial charge is 0.481 e. The van der Waals surface area contributed by atoms with Crippen molar-refractivity contribution in [2.45, 2.75) is 15.8 Å². The van der Waals surface area contributed by atoms with Crippen LogP contribution in [-0.4, -0.2) is 21.0 Å². The molecule has 0 bridgehead atoms. The van der Waals surface area contributed by atoms with Gasteiger partial charge in [-0.05, 0) is 17.8 Å². The van der Waals surface area contributed by atoms with Gasteiger partial charge in [0.15, 0.2) is 4.34 Å². The van der Waals surface area contributed by atoms with E-state index in [0.717, 1.165) is 0 Å². The summed E-state index contributed by atoms with van der Waals surface area (Å²) in [6.45, 7) is 0. The van der Waals surface area contributed by atoms with Gasteiger partial charge in [-0.1, -0.05) is 23.2 Å². The Kier molecular flexibility index (Phi) is 4.45. The van der Waals surface area contributed by atoms with E-state index < -0.39 is 5.97 Å². The number of carboxylic acid groups (broad SMARTS) is 1. The van der Waals surface area contributed by atoms with Gasteiger partial charge in [-0.25, -0.2) is 9.97 Å². The van der Waals surface area contributed by atoms with Gasteiger partial charge >= 0.3 is 5.97 Å². The second-order valence-electron chi connectivity index (χ2n) is 3.22. The van der Waals surface area contributed by atoms with Crippen molar-refractivity contribution in [1.82, 2.24) is 9.97 Å². The highest BCUT2D eigenvalue weighted by Crippen LogP contribution is 2.34. The molecule has 0 saturated carbocycles. The van der Waals surface area contributed by atoms with Crippen molar-refractivity contribution in [3.63, 3.8) is 0 Å². The van der Waals surface area contributed by atoms with Crippen molar-refractivity contribution in [3.05, 3.63) is 33.4 Å². The normalized spacial score (nSPS) is 10.6. The third-order valence-electron chi connectivity index (χ3n) is 1.82. The van der Waals surface area contributed by atoms with E-state index in [4.69, 9.17) is 28.3 Å². The van der Waals surface area contributed by atoms with Gasteiger partial charge in [-0.3, -0.25) is 4.79 Å². The third kappa shape index (κ3) is 3.58. The number of hydrogen-bond acceptors (Lipinski definition) is 5. The molecule has 0 saturated heterocycles. The van der Waals surface area contributed by atoms with Crippen LogP contribution in [0.3, 0.4) is 0 Å². The van der Waals surface area contributed by atoms with Crippen molar-refractivity contribution >= 4 is 52.3 Å². The molecule has 0 aliphatic rings. The first kappa shape index (κ1) is 13.6. The molecule has 0 unspecified atom stereocenters. The second-order valence-corrected chi connectivity index (χ2v) is 6.16. The monoisotopic (exact) mass is 320 g/mol. The zero-order valence-corrected chi connectivity index (χ0v) is 11.9. The molecule has 8 heteroatoms. The number of nitrogens with zero attached hydrogens (tertiary/aromatic N) is 2. The Hall–Kier alpha value is -0.820. The molecule has 0 amide bonds. The van der Waals surface area contributed by atoms with Crippen molar-refractivity contribution in [2.75, 3.05) is 0 Å². The number of aliphatic carboxylic acids is 1. The minimum atomic E-state index is -0.903. The SMILES string of the molecule is O=C(O)Cc1csc(Sc2ncc(Cl)cc2Cl)n1. The maximum atomic E-state index is 10.5. The number of carbonyl (C=O) groups is 1. The summed E-state index contributed by atoms with van der Waals surface area (Å²) in [5, 5.41) is 11.9. The summed E-state index contributed by atoms with van der Waals surface area (Å²) >= 11 is 14.4. The highest BCUT2D eigenvalue weighted by Gasteiger charge is 2.10. The number of thiazole rings is 1. The van der Waals surface area contributed by atoms with Crippen LogP contribution >= 0.6 is 46.3 Å². The van der Waals surface area contributed by atoms with Crippen molar-refractivity contribution in [1.29, 1.82) is 0 Å². The summed E-state index contributed by atoms with van der Waals surface area (Å²) in [7, 11) is 0. The van der Waals surface area contributed by atoms with Gasteiger partial charge in [0.1, 0.15) is 5.03 Å². The van der Waals surface area contributed by atoms with E-state index in [1.54, 1.807) is 11.4 Å². The molecule has 0 radical (unpaired) electrons. The van der Waals surface area contributed by atoms with Gasteiger partial charge in [-0.15, -0.1) is 11.3 Å². The van der Waals surface area contributed by atoms with Crippen LogP contribution in [0.25, 0.3) is 0 Å². The lowest BCUT2D eigenvalue weighted by Gasteiger charge is -2.00. The first-order chi connectivity index (χ1) is 8.54. The Bertz CT molecular complexity index is 589. The molecule has 0 fully saturated rings. The van der Waals surface area contributed by atoms with Gasteiger partial charge in [0.05, 0.1) is 22.2 Å². The van der Waals surface area contributed by atoms with E-state index in [2.05, 4.69) is 9.97 Å². The predicted molar refractivity (Wildman–Crippen MR) is 71.8 cm³/mol. The van der Waals surface area contributed by atoms with Crippen LogP contribution in [0.4, 0.5) is 0 Å². The molecule has 4 nitrogen and oxygen atoms in total.